The van der Waals surface area contributed by atoms with Crippen molar-refractivity contribution in [2.24, 2.45) is 0 Å². The minimum Gasteiger partial charge on any atom is -0.338 e. The number of urea groups is 1. The molecule has 0 atom stereocenters. The van der Waals surface area contributed by atoms with E-state index < -0.39 is 0 Å². The summed E-state index contributed by atoms with van der Waals surface area (Å²) in [5.74, 6) is 0. The van der Waals surface area contributed by atoms with Crippen LogP contribution in [0.15, 0.2) is 24.3 Å². The smallest absolute Gasteiger partial charge is 0.315 e. The molecule has 20 heavy (non-hydrogen) atoms. The third-order valence-electron chi connectivity index (χ3n) is 3.05. The average molecular weight is 291 g/mol. The van der Waals surface area contributed by atoms with E-state index in [4.69, 9.17) is 0 Å². The number of benzene rings is 1. The van der Waals surface area contributed by atoms with Gasteiger partial charge in [-0.25, -0.2) is 9.78 Å². The molecule has 108 valence electrons. The highest BCUT2D eigenvalue weighted by Gasteiger charge is 2.04. The summed E-state index contributed by atoms with van der Waals surface area (Å²) in [6, 6.07) is 7.90. The van der Waals surface area contributed by atoms with E-state index in [0.29, 0.717) is 6.54 Å². The minimum absolute atomic E-state index is 0.110. The van der Waals surface area contributed by atoms with Gasteiger partial charge in [0.05, 0.1) is 16.8 Å². The Labute approximate surface area is 123 Å². The molecule has 0 aliphatic heterocycles. The van der Waals surface area contributed by atoms with Crippen LogP contribution in [0.1, 0.15) is 37.6 Å². The number of nitrogens with one attached hydrogen (secondary N) is 2. The lowest BCUT2D eigenvalue weighted by Gasteiger charge is -2.05. The molecule has 0 bridgehead atoms. The van der Waals surface area contributed by atoms with Gasteiger partial charge in [0.25, 0.3) is 0 Å². The Bertz CT molecular complexity index is 520. The van der Waals surface area contributed by atoms with Gasteiger partial charge in [0, 0.05) is 6.54 Å². The first-order valence-electron chi connectivity index (χ1n) is 7.15. The van der Waals surface area contributed by atoms with Gasteiger partial charge in [-0.15, -0.1) is 11.3 Å². The number of hydrogen-bond acceptors (Lipinski definition) is 3. The molecule has 1 aromatic carbocycles. The van der Waals surface area contributed by atoms with Gasteiger partial charge in [0.15, 0.2) is 0 Å². The van der Waals surface area contributed by atoms with Crippen molar-refractivity contribution in [2.75, 3.05) is 6.54 Å². The van der Waals surface area contributed by atoms with Gasteiger partial charge in [0.2, 0.25) is 0 Å². The number of para-hydroxylation sites is 1. The first-order chi connectivity index (χ1) is 9.79. The lowest BCUT2D eigenvalue weighted by Crippen LogP contribution is -2.35. The van der Waals surface area contributed by atoms with E-state index >= 15 is 0 Å². The standard InChI is InChI=1S/C15H21N3OS/c1-2-3-4-7-10-16-15(19)17-11-14-18-12-8-5-6-9-13(12)20-14/h5-6,8-9H,2-4,7,10-11H2,1H3,(H2,16,17,19). The van der Waals surface area contributed by atoms with Crippen molar-refractivity contribution < 1.29 is 4.79 Å². The number of hydrogen-bond donors (Lipinski definition) is 2. The summed E-state index contributed by atoms with van der Waals surface area (Å²) in [6.07, 6.45) is 4.66. The second-order valence-electron chi connectivity index (χ2n) is 4.75. The van der Waals surface area contributed by atoms with Crippen LogP contribution >= 0.6 is 11.3 Å². The fraction of sp³-hybridized carbons (Fsp3) is 0.467. The summed E-state index contributed by atoms with van der Waals surface area (Å²) >= 11 is 1.62. The molecule has 2 aromatic rings. The Morgan fingerprint density at radius 2 is 2.05 bits per heavy atom. The number of thiazole rings is 1. The molecule has 0 aliphatic rings. The van der Waals surface area contributed by atoms with Crippen molar-refractivity contribution in [3.63, 3.8) is 0 Å². The molecule has 0 aliphatic carbocycles. The molecule has 1 aromatic heterocycles. The maximum Gasteiger partial charge on any atom is 0.315 e. The molecule has 0 saturated heterocycles. The number of amides is 2. The van der Waals surface area contributed by atoms with Gasteiger partial charge in [-0.3, -0.25) is 0 Å². The zero-order valence-corrected chi connectivity index (χ0v) is 12.6. The van der Waals surface area contributed by atoms with Gasteiger partial charge in [-0.1, -0.05) is 38.3 Å². The van der Waals surface area contributed by atoms with Crippen LogP contribution in [-0.2, 0) is 6.54 Å². The fourth-order valence-corrected chi connectivity index (χ4v) is 2.87. The molecular formula is C15H21N3OS. The molecule has 5 heteroatoms. The first kappa shape index (κ1) is 14.8. The molecule has 2 rings (SSSR count). The zero-order valence-electron chi connectivity index (χ0n) is 11.8. The Balaban J connectivity index is 1.70. The van der Waals surface area contributed by atoms with Crippen LogP contribution in [0, 0.1) is 0 Å². The van der Waals surface area contributed by atoms with Crippen molar-refractivity contribution in [1.82, 2.24) is 15.6 Å². The van der Waals surface area contributed by atoms with Gasteiger partial charge in [-0.2, -0.15) is 0 Å². The summed E-state index contributed by atoms with van der Waals surface area (Å²) in [5, 5.41) is 6.66. The molecule has 2 amide bonds. The van der Waals surface area contributed by atoms with Crippen LogP contribution < -0.4 is 10.6 Å². The molecule has 4 nitrogen and oxygen atoms in total. The summed E-state index contributed by atoms with van der Waals surface area (Å²) in [7, 11) is 0. The highest BCUT2D eigenvalue weighted by atomic mass is 32.1. The second kappa shape index (κ2) is 7.85. The van der Waals surface area contributed by atoms with Crippen molar-refractivity contribution in [2.45, 2.75) is 39.2 Å². The summed E-state index contributed by atoms with van der Waals surface area (Å²) < 4.78 is 1.16. The maximum absolute atomic E-state index is 11.6. The van der Waals surface area contributed by atoms with Crippen LogP contribution in [0.4, 0.5) is 4.79 Å². The minimum atomic E-state index is -0.110. The fourth-order valence-electron chi connectivity index (χ4n) is 1.97. The quantitative estimate of drug-likeness (QED) is 0.765. The van der Waals surface area contributed by atoms with E-state index in [9.17, 15) is 4.79 Å². The van der Waals surface area contributed by atoms with Crippen LogP contribution in [0.5, 0.6) is 0 Å². The molecular weight excluding hydrogens is 270 g/mol. The van der Waals surface area contributed by atoms with Crippen molar-refractivity contribution in [3.05, 3.63) is 29.3 Å². The van der Waals surface area contributed by atoms with E-state index in [1.54, 1.807) is 11.3 Å². The van der Waals surface area contributed by atoms with E-state index in [-0.39, 0.29) is 6.03 Å². The SMILES string of the molecule is CCCCCCNC(=O)NCc1nc2ccccc2s1. The van der Waals surface area contributed by atoms with Crippen molar-refractivity contribution >= 4 is 27.6 Å². The first-order valence-corrected chi connectivity index (χ1v) is 7.97. The molecule has 0 saturated carbocycles. The average Bonchev–Trinajstić information content (AvgIpc) is 2.88. The summed E-state index contributed by atoms with van der Waals surface area (Å²) in [4.78, 5) is 16.1. The van der Waals surface area contributed by atoms with E-state index in [0.717, 1.165) is 28.2 Å². The Morgan fingerprint density at radius 1 is 1.20 bits per heavy atom. The summed E-state index contributed by atoms with van der Waals surface area (Å²) in [6.45, 7) is 3.41. The van der Waals surface area contributed by atoms with Gasteiger partial charge < -0.3 is 10.6 Å². The largest absolute Gasteiger partial charge is 0.338 e. The predicted octanol–water partition coefficient (Wildman–Crippen LogP) is 3.68. The number of nitrogens with zero attached hydrogens (tertiary/aromatic N) is 1. The number of aromatic nitrogens is 1. The topological polar surface area (TPSA) is 54.0 Å². The second-order valence-corrected chi connectivity index (χ2v) is 5.86. The Morgan fingerprint density at radius 3 is 2.85 bits per heavy atom. The number of fused-ring (bicyclic) bond motifs is 1. The number of unbranched alkanes of at least 4 members (excludes halogenated alkanes) is 3. The highest BCUT2D eigenvalue weighted by Crippen LogP contribution is 2.21. The van der Waals surface area contributed by atoms with Crippen LogP contribution in [0.2, 0.25) is 0 Å². The van der Waals surface area contributed by atoms with E-state index in [1.165, 1.54) is 19.3 Å². The third kappa shape index (κ3) is 4.49. The van der Waals surface area contributed by atoms with Crippen LogP contribution in [0.3, 0.4) is 0 Å². The molecule has 0 spiro atoms. The zero-order chi connectivity index (χ0) is 14.2. The van der Waals surface area contributed by atoms with E-state index in [2.05, 4.69) is 22.5 Å². The maximum atomic E-state index is 11.6. The monoisotopic (exact) mass is 291 g/mol. The molecule has 0 fully saturated rings. The van der Waals surface area contributed by atoms with Crippen molar-refractivity contribution in [1.29, 1.82) is 0 Å². The molecule has 0 unspecified atom stereocenters. The normalized spacial score (nSPS) is 10.7. The predicted molar refractivity (Wildman–Crippen MR) is 84.0 cm³/mol. The molecule has 1 heterocycles. The van der Waals surface area contributed by atoms with Crippen LogP contribution in [0.25, 0.3) is 10.2 Å². The Kier molecular flexibility index (Phi) is 5.80. The van der Waals surface area contributed by atoms with E-state index in [1.807, 2.05) is 24.3 Å². The summed E-state index contributed by atoms with van der Waals surface area (Å²) in [5.41, 5.74) is 0.995. The third-order valence-corrected chi connectivity index (χ3v) is 4.09. The van der Waals surface area contributed by atoms with Gasteiger partial charge in [0.1, 0.15) is 5.01 Å². The van der Waals surface area contributed by atoms with Crippen molar-refractivity contribution in [3.8, 4) is 0 Å². The number of carbonyl (C=O) groups is 1. The van der Waals surface area contributed by atoms with Gasteiger partial charge in [-0.05, 0) is 18.6 Å². The van der Waals surface area contributed by atoms with Crippen LogP contribution in [-0.4, -0.2) is 17.6 Å². The Hall–Kier alpha value is -1.62. The lowest BCUT2D eigenvalue weighted by molar-refractivity contribution is 0.240. The molecule has 0 radical (unpaired) electrons. The number of carbonyl (C=O) groups excluding carboxylic acids is 1. The van der Waals surface area contributed by atoms with Gasteiger partial charge >= 0.3 is 6.03 Å². The number of rotatable bonds is 7. The highest BCUT2D eigenvalue weighted by molar-refractivity contribution is 7.18. The molecule has 2 N–H and O–H groups in total. The lowest BCUT2D eigenvalue weighted by atomic mass is 10.2.